The maximum absolute atomic E-state index is 10.5. The summed E-state index contributed by atoms with van der Waals surface area (Å²) in [5.74, 6) is 0.872. The molecule has 1 N–H and O–H groups in total. The van der Waals surface area contributed by atoms with E-state index in [1.54, 1.807) is 0 Å². The minimum atomic E-state index is -0.796. The van der Waals surface area contributed by atoms with Crippen LogP contribution < -0.4 is 0 Å². The second kappa shape index (κ2) is 6.71. The molecule has 1 aliphatic carbocycles. The van der Waals surface area contributed by atoms with Gasteiger partial charge in [0.2, 0.25) is 5.89 Å². The second-order valence-corrected chi connectivity index (χ2v) is 6.69. The Balaban J connectivity index is 1.68. The minimum Gasteiger partial charge on any atom is -0.481 e. The molecule has 1 heterocycles. The number of carboxylic acids is 1. The van der Waals surface area contributed by atoms with Gasteiger partial charge in [0.1, 0.15) is 0 Å². The Kier molecular flexibility index (Phi) is 4.69. The van der Waals surface area contributed by atoms with E-state index in [0.29, 0.717) is 34.2 Å². The zero-order valence-corrected chi connectivity index (χ0v) is 13.4. The second-order valence-electron chi connectivity index (χ2n) is 5.23. The smallest absolute Gasteiger partial charge is 0.303 e. The van der Waals surface area contributed by atoms with Crippen molar-refractivity contribution in [1.29, 1.82) is 0 Å². The molecule has 0 saturated heterocycles. The van der Waals surface area contributed by atoms with Crippen molar-refractivity contribution in [3.05, 3.63) is 28.8 Å². The number of hydrogen-bond acceptors (Lipinski definition) is 5. The summed E-state index contributed by atoms with van der Waals surface area (Å²) in [4.78, 5) is 10.5. The van der Waals surface area contributed by atoms with Crippen molar-refractivity contribution in [2.45, 2.75) is 36.8 Å². The lowest BCUT2D eigenvalue weighted by atomic mass is 10.1. The van der Waals surface area contributed by atoms with Crippen LogP contribution in [0.2, 0.25) is 5.02 Å². The van der Waals surface area contributed by atoms with Gasteiger partial charge >= 0.3 is 5.97 Å². The Labute approximate surface area is 137 Å². The van der Waals surface area contributed by atoms with E-state index in [1.165, 1.54) is 30.2 Å². The van der Waals surface area contributed by atoms with Crippen molar-refractivity contribution in [2.75, 3.05) is 5.75 Å². The van der Waals surface area contributed by atoms with Crippen LogP contribution in [0.15, 0.2) is 27.8 Å². The van der Waals surface area contributed by atoms with Gasteiger partial charge in [-0.05, 0) is 42.9 Å². The highest BCUT2D eigenvalue weighted by Gasteiger charge is 2.25. The third-order valence-electron chi connectivity index (χ3n) is 3.44. The highest BCUT2D eigenvalue weighted by molar-refractivity contribution is 7.99. The average molecular weight is 339 g/mol. The molecule has 0 spiro atoms. The zero-order chi connectivity index (χ0) is 15.5. The van der Waals surface area contributed by atoms with Crippen LogP contribution in [0.3, 0.4) is 0 Å². The molecule has 116 valence electrons. The molecule has 1 aromatic heterocycles. The Bertz CT molecular complexity index is 685. The molecule has 5 nitrogen and oxygen atoms in total. The number of aliphatic carboxylic acids is 1. The highest BCUT2D eigenvalue weighted by atomic mass is 35.5. The molecule has 2 aromatic rings. The number of hydrogen-bond donors (Lipinski definition) is 1. The summed E-state index contributed by atoms with van der Waals surface area (Å²) in [6.45, 7) is 0. The predicted octanol–water partition coefficient (Wildman–Crippen LogP) is 4.22. The van der Waals surface area contributed by atoms with Crippen LogP contribution in [0, 0.1) is 0 Å². The van der Waals surface area contributed by atoms with Crippen molar-refractivity contribution in [2.24, 2.45) is 0 Å². The summed E-state index contributed by atoms with van der Waals surface area (Å²) < 4.78 is 5.62. The van der Waals surface area contributed by atoms with Gasteiger partial charge in [-0.25, -0.2) is 0 Å². The largest absolute Gasteiger partial charge is 0.481 e. The fraction of sp³-hybridized carbons (Fsp3) is 0.400. The van der Waals surface area contributed by atoms with Gasteiger partial charge in [-0.3, -0.25) is 4.79 Å². The molecule has 7 heteroatoms. The van der Waals surface area contributed by atoms with Crippen LogP contribution in [0.5, 0.6) is 0 Å². The van der Waals surface area contributed by atoms with E-state index in [-0.39, 0.29) is 6.42 Å². The molecular weight excluding hydrogens is 324 g/mol. The molecule has 0 unspecified atom stereocenters. The van der Waals surface area contributed by atoms with Gasteiger partial charge in [-0.1, -0.05) is 29.4 Å². The minimum absolute atomic E-state index is 0.142. The van der Waals surface area contributed by atoms with Gasteiger partial charge in [0.05, 0.1) is 10.6 Å². The standard InChI is InChI=1S/C15H15ClN2O3S/c16-12-6-5-10(9-3-4-9)8-11(12)14-17-18-15(21-14)22-7-1-2-13(19)20/h5-6,8-9H,1-4,7H2,(H,19,20). The molecular formula is C15H15ClN2O3S. The van der Waals surface area contributed by atoms with Gasteiger partial charge in [-0.15, -0.1) is 10.2 Å². The van der Waals surface area contributed by atoms with Crippen LogP contribution in [0.4, 0.5) is 0 Å². The third kappa shape index (κ3) is 3.81. The van der Waals surface area contributed by atoms with Gasteiger partial charge < -0.3 is 9.52 Å². The first kappa shape index (κ1) is 15.4. The summed E-state index contributed by atoms with van der Waals surface area (Å²) in [5.41, 5.74) is 2.02. The van der Waals surface area contributed by atoms with Crippen LogP contribution in [-0.2, 0) is 4.79 Å². The summed E-state index contributed by atoms with van der Waals surface area (Å²) in [5, 5.41) is 17.7. The Hall–Kier alpha value is -1.53. The van der Waals surface area contributed by atoms with E-state index >= 15 is 0 Å². The van der Waals surface area contributed by atoms with Crippen molar-refractivity contribution in [3.8, 4) is 11.5 Å². The van der Waals surface area contributed by atoms with Crippen LogP contribution in [-0.4, -0.2) is 27.0 Å². The summed E-state index contributed by atoms with van der Waals surface area (Å²) >= 11 is 7.59. The number of nitrogens with zero attached hydrogens (tertiary/aromatic N) is 2. The number of halogens is 1. The van der Waals surface area contributed by atoms with Crippen LogP contribution in [0.25, 0.3) is 11.5 Å². The first-order chi connectivity index (χ1) is 10.6. The van der Waals surface area contributed by atoms with E-state index < -0.39 is 5.97 Å². The van der Waals surface area contributed by atoms with E-state index in [1.807, 2.05) is 18.2 Å². The van der Waals surface area contributed by atoms with Gasteiger partial charge in [0.25, 0.3) is 5.22 Å². The summed E-state index contributed by atoms with van der Waals surface area (Å²) in [6.07, 6.45) is 3.14. The van der Waals surface area contributed by atoms with Crippen LogP contribution >= 0.6 is 23.4 Å². The van der Waals surface area contributed by atoms with Crippen LogP contribution in [0.1, 0.15) is 37.2 Å². The molecule has 1 aliphatic rings. The number of carbonyl (C=O) groups is 1. The Morgan fingerprint density at radius 1 is 1.41 bits per heavy atom. The van der Waals surface area contributed by atoms with Gasteiger partial charge in [-0.2, -0.15) is 0 Å². The molecule has 0 radical (unpaired) electrons. The molecule has 3 rings (SSSR count). The first-order valence-electron chi connectivity index (χ1n) is 7.11. The molecule has 0 aliphatic heterocycles. The van der Waals surface area contributed by atoms with E-state index in [4.69, 9.17) is 21.1 Å². The Morgan fingerprint density at radius 2 is 2.23 bits per heavy atom. The number of thioether (sulfide) groups is 1. The van der Waals surface area contributed by atoms with Gasteiger partial charge in [0, 0.05) is 12.2 Å². The molecule has 22 heavy (non-hydrogen) atoms. The molecule has 0 bridgehead atoms. The fourth-order valence-electron chi connectivity index (χ4n) is 2.14. The fourth-order valence-corrected chi connectivity index (χ4v) is 3.04. The molecule has 1 fully saturated rings. The molecule has 0 amide bonds. The lowest BCUT2D eigenvalue weighted by Gasteiger charge is -2.03. The number of rotatable bonds is 7. The monoisotopic (exact) mass is 338 g/mol. The quantitative estimate of drug-likeness (QED) is 0.601. The highest BCUT2D eigenvalue weighted by Crippen LogP contribution is 2.42. The summed E-state index contributed by atoms with van der Waals surface area (Å²) in [6, 6.07) is 5.93. The number of benzene rings is 1. The normalized spacial score (nSPS) is 14.2. The molecule has 1 aromatic carbocycles. The van der Waals surface area contributed by atoms with E-state index in [2.05, 4.69) is 10.2 Å². The molecule has 1 saturated carbocycles. The van der Waals surface area contributed by atoms with E-state index in [0.717, 1.165) is 5.56 Å². The third-order valence-corrected chi connectivity index (χ3v) is 4.67. The van der Waals surface area contributed by atoms with Crippen molar-refractivity contribution < 1.29 is 14.3 Å². The Morgan fingerprint density at radius 3 is 2.95 bits per heavy atom. The lowest BCUT2D eigenvalue weighted by Crippen LogP contribution is -1.94. The molecule has 0 atom stereocenters. The summed E-state index contributed by atoms with van der Waals surface area (Å²) in [7, 11) is 0. The maximum atomic E-state index is 10.5. The topological polar surface area (TPSA) is 76.2 Å². The zero-order valence-electron chi connectivity index (χ0n) is 11.8. The SMILES string of the molecule is O=C(O)CCCSc1nnc(-c2cc(C3CC3)ccc2Cl)o1. The maximum Gasteiger partial charge on any atom is 0.303 e. The van der Waals surface area contributed by atoms with Crippen molar-refractivity contribution >= 4 is 29.3 Å². The van der Waals surface area contributed by atoms with Gasteiger partial charge in [0.15, 0.2) is 0 Å². The average Bonchev–Trinajstić information content (AvgIpc) is 3.23. The predicted molar refractivity (Wildman–Crippen MR) is 84.3 cm³/mol. The van der Waals surface area contributed by atoms with Crippen molar-refractivity contribution in [1.82, 2.24) is 10.2 Å². The lowest BCUT2D eigenvalue weighted by molar-refractivity contribution is -0.137. The van der Waals surface area contributed by atoms with E-state index in [9.17, 15) is 4.79 Å². The number of carboxylic acid groups (broad SMARTS) is 1. The van der Waals surface area contributed by atoms with Crippen molar-refractivity contribution in [3.63, 3.8) is 0 Å². The first-order valence-corrected chi connectivity index (χ1v) is 8.48. The number of aromatic nitrogens is 2.